The van der Waals surface area contributed by atoms with Crippen LogP contribution in [0, 0.1) is 10.1 Å². The third-order valence-corrected chi connectivity index (χ3v) is 7.62. The van der Waals surface area contributed by atoms with Crippen molar-refractivity contribution in [3.63, 3.8) is 0 Å². The molecule has 12 heteroatoms. The maximum atomic E-state index is 13.6. The number of carbonyl (C=O) groups excluding carboxylic acids is 2. The lowest BCUT2D eigenvalue weighted by Crippen LogP contribution is -2.50. The first kappa shape index (κ1) is 27.6. The number of benzene rings is 3. The zero-order chi connectivity index (χ0) is 27.2. The van der Waals surface area contributed by atoms with Gasteiger partial charge in [-0.25, -0.2) is 8.42 Å². The summed E-state index contributed by atoms with van der Waals surface area (Å²) in [6.45, 7) is 0.785. The second-order valence-corrected chi connectivity index (χ2v) is 10.3. The van der Waals surface area contributed by atoms with Crippen LogP contribution in [0.1, 0.15) is 12.5 Å². The van der Waals surface area contributed by atoms with Crippen molar-refractivity contribution >= 4 is 44.8 Å². The van der Waals surface area contributed by atoms with E-state index in [0.29, 0.717) is 10.6 Å². The van der Waals surface area contributed by atoms with Gasteiger partial charge in [-0.3, -0.25) is 24.0 Å². The molecule has 0 fully saturated rings. The van der Waals surface area contributed by atoms with Gasteiger partial charge in [0.2, 0.25) is 11.8 Å². The second-order valence-electron chi connectivity index (χ2n) is 8.04. The lowest BCUT2D eigenvalue weighted by molar-refractivity contribution is -0.384. The quantitative estimate of drug-likeness (QED) is 0.306. The molecule has 0 radical (unpaired) electrons. The SMILES string of the molecule is CNC(=O)[C@H](C)N(Cc1cccc(Cl)c1)C(=O)CN(c1cccc([N+](=O)[O-])c1)S(=O)(=O)c1ccccc1. The molecule has 1 N–H and O–H groups in total. The summed E-state index contributed by atoms with van der Waals surface area (Å²) < 4.78 is 28.1. The third kappa shape index (κ3) is 6.63. The van der Waals surface area contributed by atoms with Crippen molar-refractivity contribution in [2.75, 3.05) is 17.9 Å². The zero-order valence-electron chi connectivity index (χ0n) is 20.1. The topological polar surface area (TPSA) is 130 Å². The van der Waals surface area contributed by atoms with Crippen LogP contribution >= 0.6 is 11.6 Å². The number of anilines is 1. The number of sulfonamides is 1. The Kier molecular flexibility index (Phi) is 8.85. The largest absolute Gasteiger partial charge is 0.357 e. The lowest BCUT2D eigenvalue weighted by Gasteiger charge is -2.31. The van der Waals surface area contributed by atoms with E-state index < -0.39 is 39.3 Å². The van der Waals surface area contributed by atoms with Crippen LogP contribution in [-0.2, 0) is 26.2 Å². The fourth-order valence-electron chi connectivity index (χ4n) is 3.63. The molecule has 0 aliphatic heterocycles. The van der Waals surface area contributed by atoms with Crippen molar-refractivity contribution in [3.05, 3.63) is 99.6 Å². The molecule has 0 heterocycles. The van der Waals surface area contributed by atoms with Crippen LogP contribution in [0.25, 0.3) is 0 Å². The molecule has 37 heavy (non-hydrogen) atoms. The minimum absolute atomic E-state index is 0.0257. The third-order valence-electron chi connectivity index (χ3n) is 5.59. The molecular formula is C25H25ClN4O6S. The fourth-order valence-corrected chi connectivity index (χ4v) is 5.27. The normalized spacial score (nSPS) is 11.9. The smallest absolute Gasteiger partial charge is 0.271 e. The Morgan fingerprint density at radius 1 is 1.03 bits per heavy atom. The van der Waals surface area contributed by atoms with Crippen LogP contribution in [-0.4, -0.2) is 49.7 Å². The first-order valence-corrected chi connectivity index (χ1v) is 12.9. The van der Waals surface area contributed by atoms with Crippen LogP contribution in [0.15, 0.2) is 83.8 Å². The molecule has 0 unspecified atom stereocenters. The van der Waals surface area contributed by atoms with E-state index in [-0.39, 0.29) is 22.8 Å². The molecule has 3 rings (SSSR count). The van der Waals surface area contributed by atoms with Gasteiger partial charge in [-0.15, -0.1) is 0 Å². The van der Waals surface area contributed by atoms with Gasteiger partial charge in [-0.1, -0.05) is 48.0 Å². The van der Waals surface area contributed by atoms with Crippen LogP contribution in [0.2, 0.25) is 5.02 Å². The van der Waals surface area contributed by atoms with E-state index in [1.54, 1.807) is 30.3 Å². The summed E-state index contributed by atoms with van der Waals surface area (Å²) in [5, 5.41) is 14.3. The Labute approximate surface area is 219 Å². The molecule has 0 bridgehead atoms. The van der Waals surface area contributed by atoms with Crippen LogP contribution in [0.3, 0.4) is 0 Å². The Balaban J connectivity index is 2.07. The molecule has 10 nitrogen and oxygen atoms in total. The number of non-ortho nitro benzene ring substituents is 1. The van der Waals surface area contributed by atoms with Gasteiger partial charge in [0.25, 0.3) is 15.7 Å². The minimum atomic E-state index is -4.31. The number of carbonyl (C=O) groups is 2. The van der Waals surface area contributed by atoms with E-state index in [9.17, 15) is 28.1 Å². The van der Waals surface area contributed by atoms with Crippen molar-refractivity contribution in [3.8, 4) is 0 Å². The molecule has 1 atom stereocenters. The van der Waals surface area contributed by atoms with Crippen LogP contribution in [0.5, 0.6) is 0 Å². The van der Waals surface area contributed by atoms with Gasteiger partial charge in [0.1, 0.15) is 12.6 Å². The molecule has 0 aliphatic rings. The van der Waals surface area contributed by atoms with E-state index in [4.69, 9.17) is 11.6 Å². The van der Waals surface area contributed by atoms with Crippen LogP contribution in [0.4, 0.5) is 11.4 Å². The summed E-state index contributed by atoms with van der Waals surface area (Å²) >= 11 is 6.08. The highest BCUT2D eigenvalue weighted by Gasteiger charge is 2.32. The van der Waals surface area contributed by atoms with E-state index >= 15 is 0 Å². The predicted molar refractivity (Wildman–Crippen MR) is 140 cm³/mol. The van der Waals surface area contributed by atoms with Gasteiger partial charge < -0.3 is 10.2 Å². The molecular weight excluding hydrogens is 520 g/mol. The number of hydrogen-bond acceptors (Lipinski definition) is 6. The van der Waals surface area contributed by atoms with Crippen molar-refractivity contribution in [2.24, 2.45) is 0 Å². The van der Waals surface area contributed by atoms with Gasteiger partial charge in [0.15, 0.2) is 0 Å². The monoisotopic (exact) mass is 544 g/mol. The maximum absolute atomic E-state index is 13.6. The Morgan fingerprint density at radius 2 is 1.70 bits per heavy atom. The number of nitro benzene ring substituents is 1. The molecule has 3 aromatic rings. The summed E-state index contributed by atoms with van der Waals surface area (Å²) in [5.74, 6) is -1.15. The number of likely N-dealkylation sites (N-methyl/N-ethyl adjacent to an activating group) is 1. The Bertz CT molecular complexity index is 1400. The zero-order valence-corrected chi connectivity index (χ0v) is 21.6. The number of nitro groups is 1. The molecule has 0 aromatic heterocycles. The first-order chi connectivity index (χ1) is 17.5. The summed E-state index contributed by atoms with van der Waals surface area (Å²) in [5.41, 5.74) is 0.221. The number of hydrogen-bond donors (Lipinski definition) is 1. The van der Waals surface area contributed by atoms with E-state index in [1.807, 2.05) is 0 Å². The molecule has 0 spiro atoms. The molecule has 0 aliphatic carbocycles. The number of nitrogens with zero attached hydrogens (tertiary/aromatic N) is 3. The average Bonchev–Trinajstić information content (AvgIpc) is 2.89. The van der Waals surface area contributed by atoms with Crippen molar-refractivity contribution in [1.29, 1.82) is 0 Å². The second kappa shape index (κ2) is 11.8. The van der Waals surface area contributed by atoms with Crippen molar-refractivity contribution < 1.29 is 22.9 Å². The fraction of sp³-hybridized carbons (Fsp3) is 0.200. The van der Waals surface area contributed by atoms with E-state index in [2.05, 4.69) is 5.32 Å². The van der Waals surface area contributed by atoms with Crippen molar-refractivity contribution in [2.45, 2.75) is 24.4 Å². The van der Waals surface area contributed by atoms with Gasteiger partial charge in [0, 0.05) is 30.7 Å². The summed E-state index contributed by atoms with van der Waals surface area (Å²) in [4.78, 5) is 38.0. The van der Waals surface area contributed by atoms with E-state index in [0.717, 1.165) is 10.4 Å². The van der Waals surface area contributed by atoms with Crippen molar-refractivity contribution in [1.82, 2.24) is 10.2 Å². The summed E-state index contributed by atoms with van der Waals surface area (Å²) in [7, 11) is -2.89. The van der Waals surface area contributed by atoms with Gasteiger partial charge in [-0.05, 0) is 42.8 Å². The highest BCUT2D eigenvalue weighted by molar-refractivity contribution is 7.92. The first-order valence-electron chi connectivity index (χ1n) is 11.1. The summed E-state index contributed by atoms with van der Waals surface area (Å²) in [6.07, 6.45) is 0. The minimum Gasteiger partial charge on any atom is -0.357 e. The molecule has 0 saturated carbocycles. The standard InChI is InChI=1S/C25H25ClN4O6S/c1-18(25(32)27-2)28(16-19-8-6-9-20(26)14-19)24(31)17-29(21-10-7-11-22(15-21)30(33)34)37(35,36)23-12-4-3-5-13-23/h3-15,18H,16-17H2,1-2H3,(H,27,32)/t18-/m0/s1. The molecule has 0 saturated heterocycles. The van der Waals surface area contributed by atoms with Crippen LogP contribution < -0.4 is 9.62 Å². The highest BCUT2D eigenvalue weighted by atomic mass is 35.5. The Hall–Kier alpha value is -3.96. The predicted octanol–water partition coefficient (Wildman–Crippen LogP) is 3.61. The summed E-state index contributed by atoms with van der Waals surface area (Å²) in [6, 6.07) is 18.2. The molecule has 194 valence electrons. The maximum Gasteiger partial charge on any atom is 0.271 e. The number of amides is 2. The lowest BCUT2D eigenvalue weighted by atomic mass is 10.1. The highest BCUT2D eigenvalue weighted by Crippen LogP contribution is 2.27. The number of halogens is 1. The van der Waals surface area contributed by atoms with Gasteiger partial charge in [0.05, 0.1) is 15.5 Å². The van der Waals surface area contributed by atoms with Gasteiger partial charge >= 0.3 is 0 Å². The number of rotatable bonds is 10. The molecule has 2 amide bonds. The average molecular weight is 545 g/mol. The molecule has 3 aromatic carbocycles. The Morgan fingerprint density at radius 3 is 2.32 bits per heavy atom. The van der Waals surface area contributed by atoms with E-state index in [1.165, 1.54) is 61.3 Å². The number of nitrogens with one attached hydrogen (secondary N) is 1. The van der Waals surface area contributed by atoms with Gasteiger partial charge in [-0.2, -0.15) is 0 Å².